The first-order valence-corrected chi connectivity index (χ1v) is 7.34. The summed E-state index contributed by atoms with van der Waals surface area (Å²) in [5, 5.41) is 0. The minimum atomic E-state index is 0. The summed E-state index contributed by atoms with van der Waals surface area (Å²) in [7, 11) is 0. The van der Waals surface area contributed by atoms with Crippen LogP contribution in [0, 0.1) is 19.6 Å². The number of halogens is 2. The van der Waals surface area contributed by atoms with Gasteiger partial charge in [0.25, 0.3) is 0 Å². The Kier molecular flexibility index (Phi) is 23.7. The molecule has 0 nitrogen and oxygen atoms in total. The summed E-state index contributed by atoms with van der Waals surface area (Å²) in [6, 6.07) is 10.3. The van der Waals surface area contributed by atoms with Gasteiger partial charge in [0.05, 0.1) is 0 Å². The first kappa shape index (κ1) is 25.5. The van der Waals surface area contributed by atoms with Gasteiger partial charge in [-0.15, -0.1) is 37.7 Å². The molecule has 0 atom stereocenters. The third-order valence-corrected chi connectivity index (χ3v) is 2.96. The maximum absolute atomic E-state index is 2.99. The summed E-state index contributed by atoms with van der Waals surface area (Å²) in [5.74, 6) is 0. The van der Waals surface area contributed by atoms with Crippen molar-refractivity contribution in [3.8, 4) is 0 Å². The third kappa shape index (κ3) is 15.7. The Hall–Kier alpha value is -0.487. The van der Waals surface area contributed by atoms with Crippen molar-refractivity contribution in [2.24, 2.45) is 0 Å². The molecule has 0 N–H and O–H groups in total. The van der Waals surface area contributed by atoms with Crippen molar-refractivity contribution in [1.29, 1.82) is 0 Å². The number of benzene rings is 1. The quantitative estimate of drug-likeness (QED) is 0.563. The van der Waals surface area contributed by atoms with E-state index in [-0.39, 0.29) is 32.2 Å². The van der Waals surface area contributed by atoms with Gasteiger partial charge in [-0.2, -0.15) is 12.2 Å². The maximum atomic E-state index is 2.99. The van der Waals surface area contributed by atoms with Crippen LogP contribution in [0.4, 0.5) is 0 Å². The average molecular weight is 399 g/mol. The second-order valence-corrected chi connectivity index (χ2v) is 4.27. The zero-order valence-corrected chi connectivity index (χ0v) is 16.2. The van der Waals surface area contributed by atoms with Crippen molar-refractivity contribution in [1.82, 2.24) is 0 Å². The molecule has 0 aromatic heterocycles. The van der Waals surface area contributed by atoms with Crippen LogP contribution in [-0.2, 0) is 24.2 Å². The van der Waals surface area contributed by atoms with Gasteiger partial charge in [-0.25, -0.2) is 24.3 Å². The molecule has 0 bridgehead atoms. The molecule has 0 saturated heterocycles. The predicted octanol–water partition coefficient (Wildman–Crippen LogP) is 5.29. The number of allylic oxidation sites excluding steroid dienone is 8. The van der Waals surface area contributed by atoms with Crippen molar-refractivity contribution < 1.29 is 24.2 Å². The van der Waals surface area contributed by atoms with Crippen LogP contribution >= 0.6 is 24.8 Å². The van der Waals surface area contributed by atoms with Gasteiger partial charge in [0, 0.05) is 0 Å². The van der Waals surface area contributed by atoms with Gasteiger partial charge in [0.1, 0.15) is 0 Å². The normalized spacial score (nSPS) is 11.6. The molecular formula is C18H21Cl2Zr-3. The van der Waals surface area contributed by atoms with Gasteiger partial charge in [0.15, 0.2) is 0 Å². The number of hydrogen-bond donors (Lipinski definition) is 0. The van der Waals surface area contributed by atoms with Crippen LogP contribution < -0.4 is 0 Å². The van der Waals surface area contributed by atoms with Crippen molar-refractivity contribution in [2.75, 3.05) is 0 Å². The molecule has 1 aromatic rings. The Labute approximate surface area is 156 Å². The molecule has 2 aliphatic rings. The Morgan fingerprint density at radius 2 is 1.33 bits per heavy atom. The molecule has 0 spiro atoms. The fourth-order valence-electron chi connectivity index (χ4n) is 1.23. The second-order valence-electron chi connectivity index (χ2n) is 3.56. The van der Waals surface area contributed by atoms with Crippen molar-refractivity contribution in [3.05, 3.63) is 91.9 Å². The van der Waals surface area contributed by atoms with E-state index in [1.54, 1.807) is 0 Å². The zero-order chi connectivity index (χ0) is 12.9. The van der Waals surface area contributed by atoms with E-state index in [4.69, 9.17) is 0 Å². The molecule has 0 unspecified atom stereocenters. The Morgan fingerprint density at radius 3 is 1.52 bits per heavy atom. The standard InChI is InChI=1S/C7H6.2C5H5.CH3.2ClH.Zr/c1-7-5-3-2-4-6-7;2*1-2-4-5-3-1;;;;/h1-6H;2*1-3H,4H2;1H3;2*1H;/q;3*-1;;;. The monoisotopic (exact) mass is 397 g/mol. The molecule has 3 rings (SSSR count). The summed E-state index contributed by atoms with van der Waals surface area (Å²) in [4.78, 5) is 0. The second kappa shape index (κ2) is 19.5. The molecule has 0 saturated carbocycles. The van der Waals surface area contributed by atoms with E-state index in [1.165, 1.54) is 29.8 Å². The molecule has 3 heteroatoms. The van der Waals surface area contributed by atoms with E-state index in [2.05, 4.69) is 52.3 Å². The average Bonchev–Trinajstić information content (AvgIpc) is 3.17. The summed E-state index contributed by atoms with van der Waals surface area (Å²) >= 11 is 1.46. The molecule has 1 aromatic carbocycles. The molecule has 21 heavy (non-hydrogen) atoms. The molecule has 0 heterocycles. The van der Waals surface area contributed by atoms with Crippen LogP contribution in [0.25, 0.3) is 0 Å². The van der Waals surface area contributed by atoms with Crippen molar-refractivity contribution in [3.63, 3.8) is 0 Å². The molecule has 0 amide bonds. The van der Waals surface area contributed by atoms with Crippen LogP contribution in [0.3, 0.4) is 0 Å². The number of hydrogen-bond acceptors (Lipinski definition) is 0. The molecule has 114 valence electrons. The molecule has 0 fully saturated rings. The fourth-order valence-corrected chi connectivity index (χ4v) is 1.70. The van der Waals surface area contributed by atoms with Gasteiger partial charge in [-0.05, 0) is 0 Å². The summed E-state index contributed by atoms with van der Waals surface area (Å²) < 4.78 is 2.17. The van der Waals surface area contributed by atoms with E-state index < -0.39 is 0 Å². The molecule has 0 radical (unpaired) electrons. The van der Waals surface area contributed by atoms with Crippen LogP contribution in [0.2, 0.25) is 0 Å². The van der Waals surface area contributed by atoms with Crippen molar-refractivity contribution >= 4 is 28.5 Å². The number of rotatable bonds is 1. The summed E-state index contributed by atoms with van der Waals surface area (Å²) in [6.07, 6.45) is 20.0. The first-order chi connectivity index (χ1) is 8.93. The summed E-state index contributed by atoms with van der Waals surface area (Å²) in [5.41, 5.74) is 1.32. The van der Waals surface area contributed by atoms with Crippen LogP contribution in [0.1, 0.15) is 18.4 Å². The van der Waals surface area contributed by atoms with Crippen LogP contribution in [0.5, 0.6) is 0 Å². The van der Waals surface area contributed by atoms with E-state index in [0.29, 0.717) is 0 Å². The minimum absolute atomic E-state index is 0. The topological polar surface area (TPSA) is 0 Å². The summed E-state index contributed by atoms with van der Waals surface area (Å²) in [6.45, 7) is 0. The zero-order valence-electron chi connectivity index (χ0n) is 12.2. The van der Waals surface area contributed by atoms with E-state index in [0.717, 1.165) is 12.8 Å². The van der Waals surface area contributed by atoms with E-state index >= 15 is 0 Å². The Bertz CT molecular complexity index is 404. The molecule has 2 aliphatic carbocycles. The predicted molar refractivity (Wildman–Crippen MR) is 95.7 cm³/mol. The van der Waals surface area contributed by atoms with Crippen LogP contribution in [0.15, 0.2) is 66.8 Å². The van der Waals surface area contributed by atoms with Crippen LogP contribution in [-0.4, -0.2) is 3.71 Å². The molecular weight excluding hydrogens is 378 g/mol. The molecule has 0 aliphatic heterocycles. The third-order valence-electron chi connectivity index (χ3n) is 2.14. The fraction of sp³-hybridized carbons (Fsp3) is 0.111. The van der Waals surface area contributed by atoms with Gasteiger partial charge in [-0.3, -0.25) is 12.2 Å². The van der Waals surface area contributed by atoms with Gasteiger partial charge >= 0.3 is 63.8 Å². The van der Waals surface area contributed by atoms with Gasteiger partial charge in [-0.1, -0.05) is 0 Å². The van der Waals surface area contributed by atoms with Gasteiger partial charge < -0.3 is 7.43 Å². The van der Waals surface area contributed by atoms with Gasteiger partial charge in [0.2, 0.25) is 0 Å². The first-order valence-electron chi connectivity index (χ1n) is 5.92. The van der Waals surface area contributed by atoms with E-state index in [9.17, 15) is 0 Å². The SMILES string of the molecule is Cl.Cl.[C-]1=CC=CC1.[C-]1=CC=CC1.[CH3-].[Zr]=[CH]c1ccccc1. The Balaban J connectivity index is -0.000000223. The Morgan fingerprint density at radius 1 is 0.857 bits per heavy atom. The van der Waals surface area contributed by atoms with E-state index in [1.807, 2.05) is 30.4 Å². The van der Waals surface area contributed by atoms with Crippen molar-refractivity contribution in [2.45, 2.75) is 12.8 Å².